The molecule has 0 N–H and O–H groups in total. The Kier molecular flexibility index (Phi) is 1.24. The average molecular weight is 101 g/mol. The van der Waals surface area contributed by atoms with E-state index in [-0.39, 0.29) is 0 Å². The minimum atomic E-state index is 0.307. The van der Waals surface area contributed by atoms with Crippen LogP contribution in [0.4, 0.5) is 0 Å². The van der Waals surface area contributed by atoms with Gasteiger partial charge in [0.25, 0.3) is 0 Å². The van der Waals surface area contributed by atoms with E-state index in [9.17, 15) is 0 Å². The second-order valence-electron chi connectivity index (χ2n) is 1.28. The van der Waals surface area contributed by atoms with Gasteiger partial charge in [0.1, 0.15) is 0 Å². The van der Waals surface area contributed by atoms with E-state index in [1.54, 1.807) is 0 Å². The maximum absolute atomic E-state index is 4.77. The first-order valence-corrected chi connectivity index (χ1v) is 2.24. The quantitative estimate of drug-likeness (QED) is 0.414. The topological polar surface area (TPSA) is 18.5 Å². The summed E-state index contributed by atoms with van der Waals surface area (Å²) in [4.78, 5) is 0. The fraction of sp³-hybridized carbons (Fsp3) is 1.00. The van der Waals surface area contributed by atoms with Gasteiger partial charge in [-0.05, 0) is 0 Å². The summed E-state index contributed by atoms with van der Waals surface area (Å²) in [7, 11) is 2.89. The van der Waals surface area contributed by atoms with Crippen LogP contribution in [-0.2, 0) is 9.16 Å². The number of ether oxygens (including phenoxy) is 1. The first-order valence-electron chi connectivity index (χ1n) is 1.83. The Bertz CT molecular complexity index is 41.3. The highest BCUT2D eigenvalue weighted by molar-refractivity contribution is 5.98. The van der Waals surface area contributed by atoms with Gasteiger partial charge in [0, 0.05) is 0 Å². The van der Waals surface area contributed by atoms with Gasteiger partial charge < -0.3 is 9.16 Å². The molecule has 0 aromatic rings. The molecule has 1 aliphatic rings. The molecule has 1 saturated heterocycles. The van der Waals surface area contributed by atoms with E-state index in [2.05, 4.69) is 14.9 Å². The van der Waals surface area contributed by atoms with Gasteiger partial charge in [-0.1, -0.05) is 0 Å². The first kappa shape index (κ1) is 4.30. The molecular weight excluding hydrogens is 96.1 g/mol. The fourth-order valence-electron chi connectivity index (χ4n) is 0.282. The Morgan fingerprint density at radius 3 is 2.33 bits per heavy atom. The molecule has 0 aromatic carbocycles. The predicted molar refractivity (Wildman–Crippen MR) is 21.4 cm³/mol. The maximum atomic E-state index is 4.77. The molecule has 0 aromatic heterocycles. The third kappa shape index (κ3) is 0.615. The molecule has 0 spiro atoms. The lowest BCUT2D eigenvalue weighted by molar-refractivity contribution is -0.0770. The Balaban J connectivity index is 2.01. The molecule has 0 saturated carbocycles. The van der Waals surface area contributed by atoms with Crippen molar-refractivity contribution in [1.29, 1.82) is 0 Å². The molecule has 1 fully saturated rings. The largest absolute Gasteiger partial charge is 0.411 e. The van der Waals surface area contributed by atoms with Crippen LogP contribution in [0.1, 0.15) is 0 Å². The number of hydrogen-bond donors (Lipinski definition) is 0. The predicted octanol–water partition coefficient (Wildman–Crippen LogP) is -0.515. The van der Waals surface area contributed by atoms with E-state index < -0.39 is 0 Å². The highest BCUT2D eigenvalue weighted by Gasteiger charge is 2.15. The summed E-state index contributed by atoms with van der Waals surface area (Å²) in [5.74, 6) is 0. The molecular formula is C3H5O2Si. The molecule has 0 bridgehead atoms. The van der Waals surface area contributed by atoms with Crippen molar-refractivity contribution < 1.29 is 9.16 Å². The zero-order valence-electron chi connectivity index (χ0n) is 3.31. The van der Waals surface area contributed by atoms with E-state index >= 15 is 0 Å². The number of rotatable bonds is 1. The van der Waals surface area contributed by atoms with E-state index in [4.69, 9.17) is 4.74 Å². The fourth-order valence-corrected chi connectivity index (χ4v) is 0.418. The summed E-state index contributed by atoms with van der Waals surface area (Å²) in [6, 6.07) is 0. The molecule has 3 heteroatoms. The van der Waals surface area contributed by atoms with Gasteiger partial charge in [0.2, 0.25) is 10.5 Å². The summed E-state index contributed by atoms with van der Waals surface area (Å²) in [5.41, 5.74) is 0. The third-order valence-electron chi connectivity index (χ3n) is 0.774. The van der Waals surface area contributed by atoms with Crippen molar-refractivity contribution in [2.24, 2.45) is 0 Å². The van der Waals surface area contributed by atoms with Crippen LogP contribution in [0.5, 0.6) is 0 Å². The molecule has 0 amide bonds. The van der Waals surface area contributed by atoms with E-state index in [0.29, 0.717) is 6.10 Å². The van der Waals surface area contributed by atoms with Crippen LogP contribution in [-0.4, -0.2) is 29.8 Å². The lowest BCUT2D eigenvalue weighted by Crippen LogP contribution is -2.35. The van der Waals surface area contributed by atoms with Gasteiger partial charge in [0.05, 0.1) is 19.3 Å². The monoisotopic (exact) mass is 101 g/mol. The second kappa shape index (κ2) is 1.73. The smallest absolute Gasteiger partial charge is 0.246 e. The molecule has 3 radical (unpaired) electrons. The van der Waals surface area contributed by atoms with Crippen LogP contribution in [0.3, 0.4) is 0 Å². The van der Waals surface area contributed by atoms with Crippen LogP contribution in [0.2, 0.25) is 0 Å². The average Bonchev–Trinajstić information content (AvgIpc) is 1.31. The summed E-state index contributed by atoms with van der Waals surface area (Å²) >= 11 is 0. The summed E-state index contributed by atoms with van der Waals surface area (Å²) < 4.78 is 9.44. The molecule has 33 valence electrons. The van der Waals surface area contributed by atoms with Crippen molar-refractivity contribution in [3.63, 3.8) is 0 Å². The standard InChI is InChI=1S/C3H5O2Si/c6-5-3-1-4-2-3/h3H,1-2H2. The zero-order chi connectivity index (χ0) is 4.41. The van der Waals surface area contributed by atoms with Crippen molar-refractivity contribution in [2.45, 2.75) is 6.10 Å². The van der Waals surface area contributed by atoms with E-state index in [0.717, 1.165) is 13.2 Å². The Morgan fingerprint density at radius 2 is 2.33 bits per heavy atom. The van der Waals surface area contributed by atoms with Gasteiger partial charge in [-0.15, -0.1) is 0 Å². The van der Waals surface area contributed by atoms with Gasteiger partial charge >= 0.3 is 0 Å². The van der Waals surface area contributed by atoms with Crippen LogP contribution in [0, 0.1) is 0 Å². The minimum absolute atomic E-state index is 0.307. The molecule has 0 unspecified atom stereocenters. The Hall–Kier alpha value is 0.137. The van der Waals surface area contributed by atoms with Crippen LogP contribution >= 0.6 is 0 Å². The van der Waals surface area contributed by atoms with Crippen molar-refractivity contribution in [1.82, 2.24) is 0 Å². The van der Waals surface area contributed by atoms with Crippen LogP contribution < -0.4 is 0 Å². The number of hydrogen-bond acceptors (Lipinski definition) is 2. The van der Waals surface area contributed by atoms with Crippen molar-refractivity contribution >= 4 is 10.5 Å². The van der Waals surface area contributed by atoms with Crippen LogP contribution in [0.15, 0.2) is 0 Å². The van der Waals surface area contributed by atoms with Gasteiger partial charge in [0.15, 0.2) is 0 Å². The summed E-state index contributed by atoms with van der Waals surface area (Å²) in [6.45, 7) is 1.48. The summed E-state index contributed by atoms with van der Waals surface area (Å²) in [5, 5.41) is 0. The molecule has 2 nitrogen and oxygen atoms in total. The van der Waals surface area contributed by atoms with Crippen molar-refractivity contribution in [3.8, 4) is 0 Å². The third-order valence-corrected chi connectivity index (χ3v) is 1.11. The summed E-state index contributed by atoms with van der Waals surface area (Å²) in [6.07, 6.45) is 0.307. The lowest BCUT2D eigenvalue weighted by atomic mass is 10.3. The van der Waals surface area contributed by atoms with Gasteiger partial charge in [-0.3, -0.25) is 0 Å². The normalized spacial score (nSPS) is 23.5. The van der Waals surface area contributed by atoms with Gasteiger partial charge in [-0.25, -0.2) is 0 Å². The Labute approximate surface area is 40.0 Å². The molecule has 6 heavy (non-hydrogen) atoms. The molecule has 1 aliphatic heterocycles. The second-order valence-corrected chi connectivity index (χ2v) is 1.51. The van der Waals surface area contributed by atoms with Gasteiger partial charge in [-0.2, -0.15) is 0 Å². The minimum Gasteiger partial charge on any atom is -0.411 e. The highest BCUT2D eigenvalue weighted by atomic mass is 28.2. The highest BCUT2D eigenvalue weighted by Crippen LogP contribution is 2.01. The van der Waals surface area contributed by atoms with Crippen molar-refractivity contribution in [2.75, 3.05) is 13.2 Å². The molecule has 1 rings (SSSR count). The lowest BCUT2D eigenvalue weighted by Gasteiger charge is -2.23. The van der Waals surface area contributed by atoms with E-state index in [1.165, 1.54) is 0 Å². The Morgan fingerprint density at radius 1 is 1.67 bits per heavy atom. The molecule has 0 aliphatic carbocycles. The zero-order valence-corrected chi connectivity index (χ0v) is 4.31. The molecule has 1 heterocycles. The SMILES string of the molecule is [Si]OC1COC1. The first-order chi connectivity index (χ1) is 2.93. The maximum Gasteiger partial charge on any atom is 0.246 e. The van der Waals surface area contributed by atoms with Crippen molar-refractivity contribution in [3.05, 3.63) is 0 Å². The van der Waals surface area contributed by atoms with E-state index in [1.807, 2.05) is 0 Å². The molecule has 0 atom stereocenters. The van der Waals surface area contributed by atoms with Crippen LogP contribution in [0.25, 0.3) is 0 Å².